The number of anilines is 2. The number of hydrogen-bond donors (Lipinski definition) is 2. The van der Waals surface area contributed by atoms with Crippen molar-refractivity contribution < 1.29 is 8.42 Å². The Balaban J connectivity index is 2.46. The van der Waals surface area contributed by atoms with Gasteiger partial charge in [-0.15, -0.1) is 0 Å². The van der Waals surface area contributed by atoms with E-state index in [1.165, 1.54) is 12.8 Å². The number of hydrogen-bond acceptors (Lipinski definition) is 4. The summed E-state index contributed by atoms with van der Waals surface area (Å²) in [6.07, 6.45) is 6.57. The molecule has 0 saturated heterocycles. The minimum atomic E-state index is -3.24. The fourth-order valence-electron chi connectivity index (χ4n) is 1.72. The average molecular weight is 299 g/mol. The van der Waals surface area contributed by atoms with Gasteiger partial charge < -0.3 is 5.32 Å². The van der Waals surface area contributed by atoms with Gasteiger partial charge in [0.05, 0.1) is 17.6 Å². The minimum Gasteiger partial charge on any atom is -0.370 e. The molecule has 0 radical (unpaired) electrons. The lowest BCUT2D eigenvalue weighted by molar-refractivity contribution is 0.598. The fraction of sp³-hybridized carbons (Fsp3) is 0.643. The SMILES string of the molecule is CCCCCNc1ccc(NS(=O)(=O)CCCC)cn1. The Kier molecular flexibility index (Phi) is 7.36. The maximum absolute atomic E-state index is 11.7. The Morgan fingerprint density at radius 1 is 1.10 bits per heavy atom. The molecule has 1 aromatic rings. The largest absolute Gasteiger partial charge is 0.370 e. The van der Waals surface area contributed by atoms with Gasteiger partial charge in [0.1, 0.15) is 5.82 Å². The monoisotopic (exact) mass is 299 g/mol. The van der Waals surface area contributed by atoms with Crippen LogP contribution < -0.4 is 10.0 Å². The summed E-state index contributed by atoms with van der Waals surface area (Å²) in [6.45, 7) is 5.02. The Hall–Kier alpha value is -1.30. The summed E-state index contributed by atoms with van der Waals surface area (Å²) < 4.78 is 26.0. The van der Waals surface area contributed by atoms with E-state index in [0.717, 1.165) is 25.2 Å². The van der Waals surface area contributed by atoms with E-state index in [-0.39, 0.29) is 5.75 Å². The van der Waals surface area contributed by atoms with Crippen LogP contribution in [0.5, 0.6) is 0 Å². The van der Waals surface area contributed by atoms with Crippen LogP contribution in [-0.4, -0.2) is 25.7 Å². The van der Waals surface area contributed by atoms with Crippen LogP contribution in [0.4, 0.5) is 11.5 Å². The highest BCUT2D eigenvalue weighted by molar-refractivity contribution is 7.92. The van der Waals surface area contributed by atoms with Crippen molar-refractivity contribution in [3.63, 3.8) is 0 Å². The standard InChI is InChI=1S/C14H25N3O2S/c1-3-5-7-10-15-14-9-8-13(12-16-14)17-20(18,19)11-6-4-2/h8-9,12,17H,3-7,10-11H2,1-2H3,(H,15,16). The first-order chi connectivity index (χ1) is 9.57. The third kappa shape index (κ3) is 6.75. The second kappa shape index (κ2) is 8.79. The molecular formula is C14H25N3O2S. The Bertz CT molecular complexity index is 472. The molecule has 1 rings (SSSR count). The highest BCUT2D eigenvalue weighted by Gasteiger charge is 2.09. The maximum Gasteiger partial charge on any atom is 0.232 e. The zero-order valence-electron chi connectivity index (χ0n) is 12.4. The summed E-state index contributed by atoms with van der Waals surface area (Å²) in [6, 6.07) is 3.53. The number of unbranched alkanes of at least 4 members (excludes halogenated alkanes) is 3. The van der Waals surface area contributed by atoms with Crippen LogP contribution >= 0.6 is 0 Å². The first kappa shape index (κ1) is 16.8. The van der Waals surface area contributed by atoms with E-state index in [1.54, 1.807) is 18.3 Å². The van der Waals surface area contributed by atoms with Gasteiger partial charge >= 0.3 is 0 Å². The molecule has 20 heavy (non-hydrogen) atoms. The minimum absolute atomic E-state index is 0.153. The molecule has 0 aliphatic heterocycles. The Morgan fingerprint density at radius 3 is 2.45 bits per heavy atom. The van der Waals surface area contributed by atoms with Crippen LogP contribution in [0.2, 0.25) is 0 Å². The van der Waals surface area contributed by atoms with Crippen LogP contribution in [0.1, 0.15) is 46.0 Å². The van der Waals surface area contributed by atoms with E-state index < -0.39 is 10.0 Å². The molecule has 5 nitrogen and oxygen atoms in total. The van der Waals surface area contributed by atoms with Crippen molar-refractivity contribution in [1.29, 1.82) is 0 Å². The zero-order chi connectivity index (χ0) is 14.8. The normalized spacial score (nSPS) is 11.3. The topological polar surface area (TPSA) is 71.1 Å². The molecule has 0 aromatic carbocycles. The summed E-state index contributed by atoms with van der Waals surface area (Å²) in [5, 5.41) is 3.22. The lowest BCUT2D eigenvalue weighted by Gasteiger charge is -2.09. The van der Waals surface area contributed by atoms with E-state index in [0.29, 0.717) is 12.1 Å². The summed E-state index contributed by atoms with van der Waals surface area (Å²) >= 11 is 0. The van der Waals surface area contributed by atoms with Crippen LogP contribution in [0, 0.1) is 0 Å². The van der Waals surface area contributed by atoms with Gasteiger partial charge in [-0.2, -0.15) is 0 Å². The van der Waals surface area contributed by atoms with Gasteiger partial charge in [0.2, 0.25) is 10.0 Å². The molecule has 6 heteroatoms. The molecule has 0 aliphatic rings. The van der Waals surface area contributed by atoms with E-state index >= 15 is 0 Å². The summed E-state index contributed by atoms with van der Waals surface area (Å²) in [5.41, 5.74) is 0.514. The Labute approximate surface area is 122 Å². The molecule has 0 bridgehead atoms. The Morgan fingerprint density at radius 2 is 1.85 bits per heavy atom. The molecule has 1 heterocycles. The first-order valence-corrected chi connectivity index (χ1v) is 8.93. The number of sulfonamides is 1. The van der Waals surface area contributed by atoms with E-state index in [1.807, 2.05) is 6.92 Å². The van der Waals surface area contributed by atoms with Crippen molar-refractivity contribution in [1.82, 2.24) is 4.98 Å². The van der Waals surface area contributed by atoms with E-state index in [9.17, 15) is 8.42 Å². The third-order valence-corrected chi connectivity index (χ3v) is 4.26. The zero-order valence-corrected chi connectivity index (χ0v) is 13.2. The number of nitrogens with one attached hydrogen (secondary N) is 2. The van der Waals surface area contributed by atoms with Crippen LogP contribution in [0.15, 0.2) is 18.3 Å². The van der Waals surface area contributed by atoms with Crippen LogP contribution in [0.3, 0.4) is 0 Å². The van der Waals surface area contributed by atoms with Crippen molar-refractivity contribution in [3.05, 3.63) is 18.3 Å². The summed E-state index contributed by atoms with van der Waals surface area (Å²) in [4.78, 5) is 4.20. The average Bonchev–Trinajstić information content (AvgIpc) is 2.43. The fourth-order valence-corrected chi connectivity index (χ4v) is 2.97. The van der Waals surface area contributed by atoms with Gasteiger partial charge in [0.15, 0.2) is 0 Å². The lowest BCUT2D eigenvalue weighted by atomic mass is 10.2. The molecular weight excluding hydrogens is 274 g/mol. The molecule has 114 valence electrons. The molecule has 0 saturated carbocycles. The third-order valence-electron chi connectivity index (χ3n) is 2.89. The van der Waals surface area contributed by atoms with Crippen molar-refractivity contribution in [2.24, 2.45) is 0 Å². The molecule has 0 unspecified atom stereocenters. The highest BCUT2D eigenvalue weighted by Crippen LogP contribution is 2.12. The summed E-state index contributed by atoms with van der Waals surface area (Å²) in [5.74, 6) is 0.929. The molecule has 0 amide bonds. The number of rotatable bonds is 10. The molecule has 0 aliphatic carbocycles. The molecule has 1 aromatic heterocycles. The van der Waals surface area contributed by atoms with Crippen LogP contribution in [-0.2, 0) is 10.0 Å². The quantitative estimate of drug-likeness (QED) is 0.651. The first-order valence-electron chi connectivity index (χ1n) is 7.28. The van der Waals surface area contributed by atoms with Gasteiger partial charge in [-0.25, -0.2) is 13.4 Å². The number of nitrogens with zero attached hydrogens (tertiary/aromatic N) is 1. The van der Waals surface area contributed by atoms with Gasteiger partial charge in [0, 0.05) is 6.54 Å². The van der Waals surface area contributed by atoms with Gasteiger partial charge in [0.25, 0.3) is 0 Å². The van der Waals surface area contributed by atoms with Crippen molar-refractivity contribution >= 4 is 21.5 Å². The lowest BCUT2D eigenvalue weighted by Crippen LogP contribution is -2.16. The predicted molar refractivity (Wildman–Crippen MR) is 84.6 cm³/mol. The molecule has 0 atom stereocenters. The highest BCUT2D eigenvalue weighted by atomic mass is 32.2. The maximum atomic E-state index is 11.7. The van der Waals surface area contributed by atoms with Crippen molar-refractivity contribution in [2.45, 2.75) is 46.0 Å². The van der Waals surface area contributed by atoms with Gasteiger partial charge in [-0.1, -0.05) is 33.1 Å². The predicted octanol–water partition coefficient (Wildman–Crippen LogP) is 3.23. The molecule has 0 fully saturated rings. The second-order valence-corrected chi connectivity index (χ2v) is 6.68. The second-order valence-electron chi connectivity index (χ2n) is 4.84. The van der Waals surface area contributed by atoms with Crippen molar-refractivity contribution in [3.8, 4) is 0 Å². The summed E-state index contributed by atoms with van der Waals surface area (Å²) in [7, 11) is -3.24. The van der Waals surface area contributed by atoms with Crippen molar-refractivity contribution in [2.75, 3.05) is 22.3 Å². The van der Waals surface area contributed by atoms with E-state index in [4.69, 9.17) is 0 Å². The van der Waals surface area contributed by atoms with Crippen LogP contribution in [0.25, 0.3) is 0 Å². The smallest absolute Gasteiger partial charge is 0.232 e. The number of aromatic nitrogens is 1. The van der Waals surface area contributed by atoms with E-state index in [2.05, 4.69) is 21.9 Å². The number of pyridine rings is 1. The molecule has 2 N–H and O–H groups in total. The molecule has 0 spiro atoms. The van der Waals surface area contributed by atoms with Gasteiger partial charge in [-0.05, 0) is 25.0 Å². The van der Waals surface area contributed by atoms with Gasteiger partial charge in [-0.3, -0.25) is 4.72 Å².